The lowest BCUT2D eigenvalue weighted by atomic mass is 9.92. The van der Waals surface area contributed by atoms with Crippen molar-refractivity contribution in [3.05, 3.63) is 76.5 Å². The lowest BCUT2D eigenvalue weighted by Gasteiger charge is -2.34. The Balaban J connectivity index is 1.18. The molecule has 1 N–H and O–H groups in total. The third-order valence-electron chi connectivity index (χ3n) is 8.89. The van der Waals surface area contributed by atoms with E-state index in [-0.39, 0.29) is 30.4 Å². The molecule has 9 nitrogen and oxygen atoms in total. The number of H-pyrrole nitrogens is 1. The minimum atomic E-state index is -4.51. The van der Waals surface area contributed by atoms with Gasteiger partial charge in [0.05, 0.1) is 29.3 Å². The number of hydrogen-bond donors (Lipinski definition) is 1. The van der Waals surface area contributed by atoms with Gasteiger partial charge in [0, 0.05) is 57.4 Å². The number of nitrogens with zero attached hydrogens (tertiary/aromatic N) is 6. The second-order valence-electron chi connectivity index (χ2n) is 12.0. The summed E-state index contributed by atoms with van der Waals surface area (Å²) in [5, 5.41) is 0.749. The average molecular weight is 622 g/mol. The van der Waals surface area contributed by atoms with Crippen LogP contribution in [0.3, 0.4) is 0 Å². The Hall–Kier alpha value is -4.03. The number of aromatic amines is 1. The van der Waals surface area contributed by atoms with E-state index in [4.69, 9.17) is 9.72 Å². The molecular formula is C33H38F3N7O2. The summed E-state index contributed by atoms with van der Waals surface area (Å²) in [6, 6.07) is 8.15. The standard InChI is InChI=1S/C33H38F3N7O2/c1-4-23-18-43(19-25-15-26(16-37-30(23)25)45-32-27-12-21(3)40-31(27)38-20-39-32)29(44)14-22-6-7-24(28(13-22)33(34,35)36)17-42-10-8-41(5-2)9-11-42/h6-7,12-13,15-16,20,23H,4-5,8-11,14,17-19H2,1-3H3,(H,38,39,40). The molecule has 2 aliphatic heterocycles. The van der Waals surface area contributed by atoms with Crippen LogP contribution in [0.2, 0.25) is 0 Å². The first kappa shape index (κ1) is 31.0. The van der Waals surface area contributed by atoms with Crippen molar-refractivity contribution in [1.82, 2.24) is 34.6 Å². The van der Waals surface area contributed by atoms with Gasteiger partial charge in [0.15, 0.2) is 0 Å². The van der Waals surface area contributed by atoms with Gasteiger partial charge in [-0.3, -0.25) is 14.7 Å². The first-order chi connectivity index (χ1) is 21.6. The fourth-order valence-electron chi connectivity index (χ4n) is 6.35. The Labute approximate surface area is 260 Å². The monoisotopic (exact) mass is 621 g/mol. The van der Waals surface area contributed by atoms with Crippen molar-refractivity contribution in [3.8, 4) is 11.6 Å². The summed E-state index contributed by atoms with van der Waals surface area (Å²) in [4.78, 5) is 36.0. The van der Waals surface area contributed by atoms with Crippen LogP contribution in [-0.4, -0.2) is 79.8 Å². The molecule has 6 rings (SSSR count). The van der Waals surface area contributed by atoms with Gasteiger partial charge in [0.2, 0.25) is 11.8 Å². The van der Waals surface area contributed by atoms with E-state index in [1.807, 2.05) is 26.0 Å². The van der Waals surface area contributed by atoms with E-state index in [1.54, 1.807) is 23.2 Å². The number of carbonyl (C=O) groups excluding carboxylic acids is 1. The van der Waals surface area contributed by atoms with E-state index in [1.165, 1.54) is 6.33 Å². The van der Waals surface area contributed by atoms with Crippen molar-refractivity contribution in [2.75, 3.05) is 39.3 Å². The number of pyridine rings is 1. The number of nitrogens with one attached hydrogen (secondary N) is 1. The van der Waals surface area contributed by atoms with Crippen molar-refractivity contribution < 1.29 is 22.7 Å². The van der Waals surface area contributed by atoms with Crippen LogP contribution in [0.5, 0.6) is 11.6 Å². The van der Waals surface area contributed by atoms with Crippen LogP contribution in [0.4, 0.5) is 13.2 Å². The lowest BCUT2D eigenvalue weighted by Crippen LogP contribution is -2.45. The number of rotatable bonds is 8. The molecule has 1 atom stereocenters. The molecule has 1 saturated heterocycles. The molecule has 2 aliphatic rings. The number of benzene rings is 1. The summed E-state index contributed by atoms with van der Waals surface area (Å²) in [5.74, 6) is 0.667. The van der Waals surface area contributed by atoms with E-state index in [0.29, 0.717) is 35.9 Å². The molecule has 1 unspecified atom stereocenters. The van der Waals surface area contributed by atoms with Crippen LogP contribution in [0.25, 0.3) is 11.0 Å². The molecular weight excluding hydrogens is 583 g/mol. The normalized spacial score (nSPS) is 17.9. The maximum Gasteiger partial charge on any atom is 0.416 e. The number of halogens is 3. The second-order valence-corrected chi connectivity index (χ2v) is 12.0. The maximum atomic E-state index is 14.2. The van der Waals surface area contributed by atoms with Crippen LogP contribution >= 0.6 is 0 Å². The molecule has 0 spiro atoms. The summed E-state index contributed by atoms with van der Waals surface area (Å²) >= 11 is 0. The molecule has 5 heterocycles. The van der Waals surface area contributed by atoms with E-state index in [0.717, 1.165) is 67.5 Å². The minimum absolute atomic E-state index is 0.00566. The third-order valence-corrected chi connectivity index (χ3v) is 8.89. The molecule has 1 fully saturated rings. The van der Waals surface area contributed by atoms with Gasteiger partial charge in [-0.1, -0.05) is 26.0 Å². The molecule has 4 aromatic rings. The van der Waals surface area contributed by atoms with Gasteiger partial charge in [0.25, 0.3) is 0 Å². The Morgan fingerprint density at radius 3 is 2.56 bits per heavy atom. The number of hydrogen-bond acceptors (Lipinski definition) is 7. The van der Waals surface area contributed by atoms with Crippen LogP contribution in [0, 0.1) is 6.92 Å². The van der Waals surface area contributed by atoms with Gasteiger partial charge in [-0.25, -0.2) is 9.97 Å². The summed E-state index contributed by atoms with van der Waals surface area (Å²) in [5.41, 5.74) is 3.30. The Morgan fingerprint density at radius 2 is 1.82 bits per heavy atom. The molecule has 0 saturated carbocycles. The van der Waals surface area contributed by atoms with Gasteiger partial charge in [-0.05, 0) is 54.8 Å². The summed E-state index contributed by atoms with van der Waals surface area (Å²) < 4.78 is 48.7. The first-order valence-corrected chi connectivity index (χ1v) is 15.5. The lowest BCUT2D eigenvalue weighted by molar-refractivity contribution is -0.139. The van der Waals surface area contributed by atoms with Gasteiger partial charge in [0.1, 0.15) is 17.7 Å². The summed E-state index contributed by atoms with van der Waals surface area (Å²) in [6.45, 7) is 11.2. The smallest absolute Gasteiger partial charge is 0.416 e. The highest BCUT2D eigenvalue weighted by Crippen LogP contribution is 2.36. The number of likely N-dealkylation sites (N-methyl/N-ethyl adjacent to an activating group) is 1. The largest absolute Gasteiger partial charge is 0.437 e. The van der Waals surface area contributed by atoms with Gasteiger partial charge in [-0.2, -0.15) is 13.2 Å². The number of ether oxygens (including phenoxy) is 1. The molecule has 1 aromatic carbocycles. The zero-order chi connectivity index (χ0) is 31.7. The average Bonchev–Trinajstić information content (AvgIpc) is 3.42. The number of carbonyl (C=O) groups is 1. The van der Waals surface area contributed by atoms with Crippen LogP contribution in [0.1, 0.15) is 59.8 Å². The highest BCUT2D eigenvalue weighted by Gasteiger charge is 2.35. The number of alkyl halides is 3. The molecule has 12 heteroatoms. The molecule has 1 amide bonds. The maximum absolute atomic E-state index is 14.2. The fraction of sp³-hybridized carbons (Fsp3) is 0.455. The third kappa shape index (κ3) is 6.81. The van der Waals surface area contributed by atoms with Crippen LogP contribution in [-0.2, 0) is 30.5 Å². The second kappa shape index (κ2) is 12.8. The van der Waals surface area contributed by atoms with E-state index in [9.17, 15) is 18.0 Å². The van der Waals surface area contributed by atoms with Crippen LogP contribution in [0.15, 0.2) is 42.9 Å². The minimum Gasteiger partial charge on any atom is -0.437 e. The number of aromatic nitrogens is 4. The van der Waals surface area contributed by atoms with Crippen LogP contribution < -0.4 is 4.74 Å². The predicted octanol–water partition coefficient (Wildman–Crippen LogP) is 5.69. The van der Waals surface area contributed by atoms with Crippen molar-refractivity contribution >= 4 is 16.9 Å². The van der Waals surface area contributed by atoms with Crippen molar-refractivity contribution in [3.63, 3.8) is 0 Å². The SMILES string of the molecule is CCC1CN(C(=O)Cc2ccc(CN3CCN(CC)CC3)c(C(F)(F)F)c2)Cc2cc(Oc3ncnc4[nH]c(C)cc34)cnc21. The molecule has 3 aromatic heterocycles. The number of piperazine rings is 1. The highest BCUT2D eigenvalue weighted by atomic mass is 19.4. The molecule has 0 aliphatic carbocycles. The number of amides is 1. The van der Waals surface area contributed by atoms with Gasteiger partial charge in [-0.15, -0.1) is 0 Å². The number of fused-ring (bicyclic) bond motifs is 2. The van der Waals surface area contributed by atoms with Crippen molar-refractivity contribution in [2.45, 2.75) is 58.8 Å². The van der Waals surface area contributed by atoms with Gasteiger partial charge >= 0.3 is 6.18 Å². The molecule has 0 bridgehead atoms. The zero-order valence-electron chi connectivity index (χ0n) is 25.8. The van der Waals surface area contributed by atoms with E-state index in [2.05, 4.69) is 31.7 Å². The molecule has 238 valence electrons. The van der Waals surface area contributed by atoms with Gasteiger partial charge < -0.3 is 19.5 Å². The fourth-order valence-corrected chi connectivity index (χ4v) is 6.35. The van der Waals surface area contributed by atoms with Crippen molar-refractivity contribution in [2.24, 2.45) is 0 Å². The summed E-state index contributed by atoms with van der Waals surface area (Å²) in [6.07, 6.45) is -0.765. The molecule has 0 radical (unpaired) electrons. The Morgan fingerprint density at radius 1 is 1.04 bits per heavy atom. The van der Waals surface area contributed by atoms with E-state index >= 15 is 0 Å². The molecule has 45 heavy (non-hydrogen) atoms. The Bertz CT molecular complexity index is 1680. The zero-order valence-corrected chi connectivity index (χ0v) is 25.8. The van der Waals surface area contributed by atoms with Crippen molar-refractivity contribution in [1.29, 1.82) is 0 Å². The number of aryl methyl sites for hydroxylation is 1. The topological polar surface area (TPSA) is 90.5 Å². The highest BCUT2D eigenvalue weighted by molar-refractivity contribution is 5.82. The first-order valence-electron chi connectivity index (χ1n) is 15.5. The Kier molecular flexibility index (Phi) is 8.78. The quantitative estimate of drug-likeness (QED) is 0.271. The predicted molar refractivity (Wildman–Crippen MR) is 164 cm³/mol. The summed E-state index contributed by atoms with van der Waals surface area (Å²) in [7, 11) is 0. The van der Waals surface area contributed by atoms with E-state index < -0.39 is 11.7 Å².